The molecule has 5 nitrogen and oxygen atoms in total. The van der Waals surface area contributed by atoms with Crippen molar-refractivity contribution < 1.29 is 14.6 Å². The number of rotatable bonds is 2. The van der Waals surface area contributed by atoms with Gasteiger partial charge in [0, 0.05) is 19.3 Å². The van der Waals surface area contributed by atoms with Gasteiger partial charge < -0.3 is 14.7 Å². The number of carbonyl (C=O) groups excluding carboxylic acids is 1. The fourth-order valence-corrected chi connectivity index (χ4v) is 1.87. The lowest BCUT2D eigenvalue weighted by molar-refractivity contribution is 0.0299. The average molecular weight is 236 g/mol. The molecule has 0 spiro atoms. The van der Waals surface area contributed by atoms with E-state index in [1.807, 2.05) is 0 Å². The fraction of sp³-hybridized carbons (Fsp3) is 0.500. The Balaban J connectivity index is 2.23. The summed E-state index contributed by atoms with van der Waals surface area (Å²) in [5.41, 5.74) is 0.911. The van der Waals surface area contributed by atoms with Gasteiger partial charge in [0.05, 0.1) is 30.6 Å². The van der Waals surface area contributed by atoms with Crippen LogP contribution in [-0.4, -0.2) is 47.2 Å². The molecule has 1 aliphatic heterocycles. The van der Waals surface area contributed by atoms with Crippen LogP contribution in [0.15, 0.2) is 18.3 Å². The number of aromatic nitrogens is 1. The molecule has 2 heterocycles. The largest absolute Gasteiger partial charge is 0.387 e. The summed E-state index contributed by atoms with van der Waals surface area (Å²) in [6.45, 7) is 3.92. The van der Waals surface area contributed by atoms with Crippen molar-refractivity contribution in [3.8, 4) is 0 Å². The maximum absolute atomic E-state index is 12.2. The standard InChI is InChI=1S/C12H16N2O3/c1-9(15)11-10(3-2-4-13-11)12(16)14-5-7-17-8-6-14/h2-4,9,15H,5-8H2,1H3. The van der Waals surface area contributed by atoms with Crippen LogP contribution in [0.25, 0.3) is 0 Å². The van der Waals surface area contributed by atoms with Crippen molar-refractivity contribution in [3.63, 3.8) is 0 Å². The van der Waals surface area contributed by atoms with E-state index in [1.54, 1.807) is 30.2 Å². The van der Waals surface area contributed by atoms with Gasteiger partial charge in [0.2, 0.25) is 0 Å². The van der Waals surface area contributed by atoms with Crippen LogP contribution in [-0.2, 0) is 4.74 Å². The van der Waals surface area contributed by atoms with E-state index in [2.05, 4.69) is 4.98 Å². The van der Waals surface area contributed by atoms with Gasteiger partial charge in [0.25, 0.3) is 5.91 Å². The molecule has 1 aromatic heterocycles. The number of carbonyl (C=O) groups is 1. The Morgan fingerprint density at radius 1 is 1.53 bits per heavy atom. The van der Waals surface area contributed by atoms with Crippen molar-refractivity contribution in [1.82, 2.24) is 9.88 Å². The van der Waals surface area contributed by atoms with E-state index in [9.17, 15) is 9.90 Å². The van der Waals surface area contributed by atoms with Crippen molar-refractivity contribution in [2.45, 2.75) is 13.0 Å². The zero-order chi connectivity index (χ0) is 12.3. The van der Waals surface area contributed by atoms with Crippen LogP contribution >= 0.6 is 0 Å². The van der Waals surface area contributed by atoms with Gasteiger partial charge in [0.15, 0.2) is 0 Å². The molecular formula is C12H16N2O3. The topological polar surface area (TPSA) is 62.7 Å². The first-order valence-corrected chi connectivity index (χ1v) is 5.70. The van der Waals surface area contributed by atoms with Crippen LogP contribution in [0.5, 0.6) is 0 Å². The van der Waals surface area contributed by atoms with Crippen LogP contribution in [0.4, 0.5) is 0 Å². The van der Waals surface area contributed by atoms with E-state index in [0.29, 0.717) is 37.6 Å². The van der Waals surface area contributed by atoms with E-state index in [1.165, 1.54) is 0 Å². The number of ether oxygens (including phenoxy) is 1. The summed E-state index contributed by atoms with van der Waals surface area (Å²) in [4.78, 5) is 18.0. The Morgan fingerprint density at radius 3 is 2.88 bits per heavy atom. The Hall–Kier alpha value is -1.46. The van der Waals surface area contributed by atoms with E-state index < -0.39 is 6.10 Å². The van der Waals surface area contributed by atoms with Gasteiger partial charge in [-0.3, -0.25) is 9.78 Å². The second-order valence-electron chi connectivity index (χ2n) is 4.02. The molecule has 2 rings (SSSR count). The van der Waals surface area contributed by atoms with Crippen LogP contribution in [0.1, 0.15) is 29.1 Å². The Bertz CT molecular complexity index is 400. The lowest BCUT2D eigenvalue weighted by Crippen LogP contribution is -2.41. The molecule has 1 N–H and O–H groups in total. The quantitative estimate of drug-likeness (QED) is 0.817. The second kappa shape index (κ2) is 5.25. The maximum Gasteiger partial charge on any atom is 0.255 e. The summed E-state index contributed by atoms with van der Waals surface area (Å²) >= 11 is 0. The van der Waals surface area contributed by atoms with Crippen molar-refractivity contribution >= 4 is 5.91 Å². The molecule has 92 valence electrons. The van der Waals surface area contributed by atoms with Gasteiger partial charge in [-0.05, 0) is 19.1 Å². The van der Waals surface area contributed by atoms with E-state index in [-0.39, 0.29) is 5.91 Å². The van der Waals surface area contributed by atoms with E-state index in [4.69, 9.17) is 4.74 Å². The molecule has 5 heteroatoms. The van der Waals surface area contributed by atoms with Crippen LogP contribution in [0, 0.1) is 0 Å². The number of pyridine rings is 1. The molecule has 0 aromatic carbocycles. The molecule has 17 heavy (non-hydrogen) atoms. The molecule has 1 saturated heterocycles. The molecule has 1 unspecified atom stereocenters. The molecule has 1 fully saturated rings. The maximum atomic E-state index is 12.2. The Labute approximate surface area is 100 Å². The van der Waals surface area contributed by atoms with Gasteiger partial charge in [-0.25, -0.2) is 0 Å². The summed E-state index contributed by atoms with van der Waals surface area (Å²) in [7, 11) is 0. The molecule has 1 atom stereocenters. The van der Waals surface area contributed by atoms with Crippen LogP contribution in [0.3, 0.4) is 0 Å². The van der Waals surface area contributed by atoms with Crippen LogP contribution in [0.2, 0.25) is 0 Å². The summed E-state index contributed by atoms with van der Waals surface area (Å²) in [5, 5.41) is 9.59. The van der Waals surface area contributed by atoms with E-state index in [0.717, 1.165) is 0 Å². The number of hydrogen-bond donors (Lipinski definition) is 1. The number of amides is 1. The molecule has 1 aliphatic rings. The Kier molecular flexibility index (Phi) is 3.71. The Morgan fingerprint density at radius 2 is 2.24 bits per heavy atom. The summed E-state index contributed by atoms with van der Waals surface area (Å²) in [6.07, 6.45) is 0.842. The minimum atomic E-state index is -0.740. The first-order chi connectivity index (χ1) is 8.20. The molecule has 0 bridgehead atoms. The minimum absolute atomic E-state index is 0.0858. The highest BCUT2D eigenvalue weighted by molar-refractivity contribution is 5.95. The predicted octanol–water partition coefficient (Wildman–Crippen LogP) is 0.607. The summed E-state index contributed by atoms with van der Waals surface area (Å²) < 4.78 is 5.20. The SMILES string of the molecule is CC(O)c1ncccc1C(=O)N1CCOCC1. The molecular weight excluding hydrogens is 220 g/mol. The van der Waals surface area contributed by atoms with Gasteiger partial charge in [0.1, 0.15) is 0 Å². The van der Waals surface area contributed by atoms with Gasteiger partial charge in [-0.15, -0.1) is 0 Å². The molecule has 0 saturated carbocycles. The van der Waals surface area contributed by atoms with Crippen molar-refractivity contribution in [2.24, 2.45) is 0 Å². The highest BCUT2D eigenvalue weighted by Crippen LogP contribution is 2.17. The van der Waals surface area contributed by atoms with Gasteiger partial charge >= 0.3 is 0 Å². The molecule has 0 aliphatic carbocycles. The van der Waals surface area contributed by atoms with Gasteiger partial charge in [-0.2, -0.15) is 0 Å². The zero-order valence-electron chi connectivity index (χ0n) is 9.80. The molecule has 1 aromatic rings. The number of hydrogen-bond acceptors (Lipinski definition) is 4. The number of aliphatic hydroxyl groups excluding tert-OH is 1. The molecule has 0 radical (unpaired) electrons. The number of morpholine rings is 1. The van der Waals surface area contributed by atoms with Crippen LogP contribution < -0.4 is 0 Å². The summed E-state index contributed by atoms with van der Waals surface area (Å²) in [6, 6.07) is 3.41. The first kappa shape index (κ1) is 12.0. The molecule has 1 amide bonds. The normalized spacial score (nSPS) is 17.9. The second-order valence-corrected chi connectivity index (χ2v) is 4.02. The number of nitrogens with zero attached hydrogens (tertiary/aromatic N) is 2. The average Bonchev–Trinajstić information content (AvgIpc) is 2.39. The fourth-order valence-electron chi connectivity index (χ4n) is 1.87. The zero-order valence-corrected chi connectivity index (χ0v) is 9.80. The predicted molar refractivity (Wildman–Crippen MR) is 61.6 cm³/mol. The number of aliphatic hydroxyl groups is 1. The highest BCUT2D eigenvalue weighted by atomic mass is 16.5. The minimum Gasteiger partial charge on any atom is -0.387 e. The highest BCUT2D eigenvalue weighted by Gasteiger charge is 2.22. The van der Waals surface area contributed by atoms with Crippen molar-refractivity contribution in [3.05, 3.63) is 29.6 Å². The summed E-state index contributed by atoms with van der Waals surface area (Å²) in [5.74, 6) is -0.0858. The third-order valence-corrected chi connectivity index (χ3v) is 2.76. The van der Waals surface area contributed by atoms with Crippen molar-refractivity contribution in [2.75, 3.05) is 26.3 Å². The van der Waals surface area contributed by atoms with E-state index >= 15 is 0 Å². The smallest absolute Gasteiger partial charge is 0.255 e. The van der Waals surface area contributed by atoms with Crippen molar-refractivity contribution in [1.29, 1.82) is 0 Å². The third kappa shape index (κ3) is 2.62. The lowest BCUT2D eigenvalue weighted by Gasteiger charge is -2.27. The monoisotopic (exact) mass is 236 g/mol. The van der Waals surface area contributed by atoms with Gasteiger partial charge in [-0.1, -0.05) is 0 Å². The lowest BCUT2D eigenvalue weighted by atomic mass is 10.1. The first-order valence-electron chi connectivity index (χ1n) is 5.70. The third-order valence-electron chi connectivity index (χ3n) is 2.76.